The van der Waals surface area contributed by atoms with Gasteiger partial charge in [0, 0.05) is 17.4 Å². The predicted molar refractivity (Wildman–Crippen MR) is 111 cm³/mol. The summed E-state index contributed by atoms with van der Waals surface area (Å²) in [4.78, 5) is 12.5. The van der Waals surface area contributed by atoms with Crippen molar-refractivity contribution in [2.24, 2.45) is 0 Å². The molecule has 0 unspecified atom stereocenters. The molecule has 1 atom stereocenters. The van der Waals surface area contributed by atoms with E-state index in [-0.39, 0.29) is 18.0 Å². The van der Waals surface area contributed by atoms with Gasteiger partial charge in [-0.05, 0) is 38.1 Å². The Morgan fingerprint density at radius 3 is 2.68 bits per heavy atom. The standard InChI is InChI=1S/C19H18N4O3S2/c1-11-3-5-13(6-4-11)21-18-22-23-19(28-18)27-12(2)17(24)20-14-7-8-15-16(9-14)26-10-25-15/h3-9,12H,10H2,1-2H3,(H,20,24)(H,21,22)/t12-/m0/s1. The molecule has 0 aliphatic carbocycles. The van der Waals surface area contributed by atoms with Crippen LogP contribution < -0.4 is 20.1 Å². The third-order valence-corrected chi connectivity index (χ3v) is 6.02. The van der Waals surface area contributed by atoms with Crippen molar-refractivity contribution in [3.63, 3.8) is 0 Å². The van der Waals surface area contributed by atoms with E-state index in [4.69, 9.17) is 9.47 Å². The summed E-state index contributed by atoms with van der Waals surface area (Å²) in [7, 11) is 0. The molecule has 2 N–H and O–H groups in total. The number of aromatic nitrogens is 2. The van der Waals surface area contributed by atoms with E-state index in [1.54, 1.807) is 18.2 Å². The van der Waals surface area contributed by atoms with Crippen LogP contribution in [0.5, 0.6) is 11.5 Å². The minimum atomic E-state index is -0.328. The highest BCUT2D eigenvalue weighted by Crippen LogP contribution is 2.35. The maximum Gasteiger partial charge on any atom is 0.237 e. The monoisotopic (exact) mass is 414 g/mol. The predicted octanol–water partition coefficient (Wildman–Crippen LogP) is 4.44. The molecule has 0 saturated carbocycles. The van der Waals surface area contributed by atoms with Crippen molar-refractivity contribution in [3.05, 3.63) is 48.0 Å². The Morgan fingerprint density at radius 2 is 1.86 bits per heavy atom. The molecule has 1 aliphatic rings. The van der Waals surface area contributed by atoms with Crippen molar-refractivity contribution in [1.29, 1.82) is 0 Å². The molecule has 0 spiro atoms. The lowest BCUT2D eigenvalue weighted by Crippen LogP contribution is -2.22. The lowest BCUT2D eigenvalue weighted by molar-refractivity contribution is -0.115. The van der Waals surface area contributed by atoms with Crippen LogP contribution in [0, 0.1) is 6.92 Å². The minimum Gasteiger partial charge on any atom is -0.454 e. The number of hydrogen-bond donors (Lipinski definition) is 2. The number of anilines is 3. The fraction of sp³-hybridized carbons (Fsp3) is 0.211. The van der Waals surface area contributed by atoms with Crippen molar-refractivity contribution in [3.8, 4) is 11.5 Å². The fourth-order valence-electron chi connectivity index (χ4n) is 2.49. The molecule has 2 aromatic carbocycles. The molecule has 144 valence electrons. The lowest BCUT2D eigenvalue weighted by atomic mass is 10.2. The number of rotatable bonds is 6. The molecular formula is C19H18N4O3S2. The Labute approximate surface area is 170 Å². The zero-order valence-corrected chi connectivity index (χ0v) is 16.9. The average molecular weight is 415 g/mol. The van der Waals surface area contributed by atoms with Crippen LogP contribution in [0.25, 0.3) is 0 Å². The van der Waals surface area contributed by atoms with E-state index in [1.807, 2.05) is 38.1 Å². The second kappa shape index (κ2) is 8.07. The van der Waals surface area contributed by atoms with E-state index in [2.05, 4.69) is 20.8 Å². The van der Waals surface area contributed by atoms with Crippen LogP contribution in [0.15, 0.2) is 46.8 Å². The van der Waals surface area contributed by atoms with Gasteiger partial charge in [-0.1, -0.05) is 40.8 Å². The van der Waals surface area contributed by atoms with Crippen LogP contribution in [0.2, 0.25) is 0 Å². The van der Waals surface area contributed by atoms with Gasteiger partial charge in [0.2, 0.25) is 17.8 Å². The van der Waals surface area contributed by atoms with E-state index < -0.39 is 0 Å². The SMILES string of the molecule is Cc1ccc(Nc2nnc(S[C@@H](C)C(=O)Nc3ccc4c(c3)OCO4)s2)cc1. The summed E-state index contributed by atoms with van der Waals surface area (Å²) in [6, 6.07) is 13.4. The van der Waals surface area contributed by atoms with Gasteiger partial charge in [-0.2, -0.15) is 0 Å². The van der Waals surface area contributed by atoms with Crippen molar-refractivity contribution < 1.29 is 14.3 Å². The molecule has 3 aromatic rings. The molecule has 0 bridgehead atoms. The number of benzene rings is 2. The van der Waals surface area contributed by atoms with Gasteiger partial charge in [0.25, 0.3) is 0 Å². The number of thioether (sulfide) groups is 1. The Kier molecular flexibility index (Phi) is 5.36. The summed E-state index contributed by atoms with van der Waals surface area (Å²) < 4.78 is 11.3. The lowest BCUT2D eigenvalue weighted by Gasteiger charge is -2.10. The molecule has 28 heavy (non-hydrogen) atoms. The highest BCUT2D eigenvalue weighted by atomic mass is 32.2. The van der Waals surface area contributed by atoms with Gasteiger partial charge in [0.15, 0.2) is 15.8 Å². The van der Waals surface area contributed by atoms with Crippen LogP contribution in [-0.4, -0.2) is 28.1 Å². The molecule has 9 heteroatoms. The van der Waals surface area contributed by atoms with Gasteiger partial charge in [0.05, 0.1) is 5.25 Å². The number of nitrogens with one attached hydrogen (secondary N) is 2. The largest absolute Gasteiger partial charge is 0.454 e. The second-order valence-corrected chi connectivity index (χ2v) is 8.75. The van der Waals surface area contributed by atoms with Crippen LogP contribution in [-0.2, 0) is 4.79 Å². The van der Waals surface area contributed by atoms with E-state index in [1.165, 1.54) is 28.7 Å². The smallest absolute Gasteiger partial charge is 0.237 e. The fourth-order valence-corrected chi connectivity index (χ4v) is 4.41. The summed E-state index contributed by atoms with van der Waals surface area (Å²) in [5.41, 5.74) is 2.81. The molecule has 2 heterocycles. The third-order valence-electron chi connectivity index (χ3n) is 4.00. The van der Waals surface area contributed by atoms with E-state index in [0.29, 0.717) is 22.3 Å². The second-order valence-electron chi connectivity index (χ2n) is 6.18. The number of ether oxygens (including phenoxy) is 2. The summed E-state index contributed by atoms with van der Waals surface area (Å²) in [5, 5.41) is 14.8. The van der Waals surface area contributed by atoms with E-state index in [0.717, 1.165) is 10.0 Å². The van der Waals surface area contributed by atoms with Gasteiger partial charge >= 0.3 is 0 Å². The van der Waals surface area contributed by atoms with E-state index in [9.17, 15) is 4.79 Å². The third kappa shape index (κ3) is 4.37. The molecule has 1 aliphatic heterocycles. The quantitative estimate of drug-likeness (QED) is 0.577. The van der Waals surface area contributed by atoms with Gasteiger partial charge in [-0.3, -0.25) is 4.79 Å². The zero-order valence-electron chi connectivity index (χ0n) is 15.3. The molecule has 0 saturated heterocycles. The molecular weight excluding hydrogens is 396 g/mol. The Morgan fingerprint density at radius 1 is 1.11 bits per heavy atom. The Hall–Kier alpha value is -2.78. The first kappa shape index (κ1) is 18.6. The number of hydrogen-bond acceptors (Lipinski definition) is 8. The first-order chi connectivity index (χ1) is 13.6. The van der Waals surface area contributed by atoms with Gasteiger partial charge in [0.1, 0.15) is 0 Å². The number of carbonyl (C=O) groups excluding carboxylic acids is 1. The maximum atomic E-state index is 12.5. The molecule has 1 amide bonds. The van der Waals surface area contributed by atoms with Crippen molar-refractivity contribution >= 4 is 45.5 Å². The summed E-state index contributed by atoms with van der Waals surface area (Å²) in [6.07, 6.45) is 0. The highest BCUT2D eigenvalue weighted by molar-refractivity contribution is 8.02. The number of aryl methyl sites for hydroxylation is 1. The van der Waals surface area contributed by atoms with Crippen molar-refractivity contribution in [2.75, 3.05) is 17.4 Å². The van der Waals surface area contributed by atoms with Crippen LogP contribution in [0.1, 0.15) is 12.5 Å². The summed E-state index contributed by atoms with van der Waals surface area (Å²) in [5.74, 6) is 1.20. The summed E-state index contributed by atoms with van der Waals surface area (Å²) >= 11 is 2.78. The average Bonchev–Trinajstić information content (AvgIpc) is 3.32. The number of fused-ring (bicyclic) bond motifs is 1. The first-order valence-electron chi connectivity index (χ1n) is 8.61. The molecule has 0 radical (unpaired) electrons. The van der Waals surface area contributed by atoms with Crippen molar-refractivity contribution in [2.45, 2.75) is 23.4 Å². The minimum absolute atomic E-state index is 0.118. The summed E-state index contributed by atoms with van der Waals surface area (Å²) in [6.45, 7) is 4.08. The first-order valence-corrected chi connectivity index (χ1v) is 10.3. The normalized spacial score (nSPS) is 13.2. The topological polar surface area (TPSA) is 85.4 Å². The molecule has 4 rings (SSSR count). The van der Waals surface area contributed by atoms with Crippen LogP contribution in [0.3, 0.4) is 0 Å². The van der Waals surface area contributed by atoms with Crippen LogP contribution in [0.4, 0.5) is 16.5 Å². The van der Waals surface area contributed by atoms with Crippen LogP contribution >= 0.6 is 23.1 Å². The maximum absolute atomic E-state index is 12.5. The Bertz CT molecular complexity index is 991. The van der Waals surface area contributed by atoms with E-state index >= 15 is 0 Å². The number of carbonyl (C=O) groups is 1. The zero-order chi connectivity index (χ0) is 19.5. The number of nitrogens with zero attached hydrogens (tertiary/aromatic N) is 2. The number of amides is 1. The van der Waals surface area contributed by atoms with Crippen molar-refractivity contribution in [1.82, 2.24) is 10.2 Å². The van der Waals surface area contributed by atoms with Gasteiger partial charge in [-0.25, -0.2) is 0 Å². The Balaban J connectivity index is 1.34. The van der Waals surface area contributed by atoms with Gasteiger partial charge < -0.3 is 20.1 Å². The molecule has 7 nitrogen and oxygen atoms in total. The highest BCUT2D eigenvalue weighted by Gasteiger charge is 2.19. The van der Waals surface area contributed by atoms with Gasteiger partial charge in [-0.15, -0.1) is 10.2 Å². The molecule has 0 fully saturated rings. The molecule has 1 aromatic heterocycles.